The molecule has 3 rings (SSSR count). The number of nitrogens with zero attached hydrogens (tertiary/aromatic N) is 1. The van der Waals surface area contributed by atoms with Gasteiger partial charge >= 0.3 is 5.66 Å². The van der Waals surface area contributed by atoms with Crippen molar-refractivity contribution in [2.45, 2.75) is 11.1 Å². The van der Waals surface area contributed by atoms with E-state index in [1.54, 1.807) is 6.08 Å². The third kappa shape index (κ3) is 2.10. The quantitative estimate of drug-likeness (QED) is 0.394. The van der Waals surface area contributed by atoms with Crippen molar-refractivity contribution in [2.75, 3.05) is 0 Å². The van der Waals surface area contributed by atoms with Gasteiger partial charge in [0.2, 0.25) is 0 Å². The van der Waals surface area contributed by atoms with E-state index in [0.717, 1.165) is 11.1 Å². The van der Waals surface area contributed by atoms with Gasteiger partial charge in [0, 0.05) is 11.0 Å². The normalized spacial score (nSPS) is 22.0. The number of nitrogens with one attached hydrogen (secondary N) is 1. The Kier molecular flexibility index (Phi) is 3.82. The summed E-state index contributed by atoms with van der Waals surface area (Å²) in [5.41, 5.74) is 1.32. The van der Waals surface area contributed by atoms with Gasteiger partial charge in [-0.1, -0.05) is 78.9 Å². The topological polar surface area (TPSA) is 81.2 Å². The number of nitrogens with two attached hydrogens (primary N) is 1. The van der Waals surface area contributed by atoms with Crippen molar-refractivity contribution in [1.82, 2.24) is 5.43 Å². The minimum atomic E-state index is -1.68. The maximum Gasteiger partial charge on any atom is 0.323 e. The number of hydrazine groups is 1. The Morgan fingerprint density at radius 1 is 0.870 bits per heavy atom. The monoisotopic (exact) mass is 307 g/mol. The Balaban J connectivity index is 2.39. The predicted octanol–water partition coefficient (Wildman–Crippen LogP) is 2.54. The molecule has 1 aliphatic rings. The Morgan fingerprint density at radius 3 is 1.78 bits per heavy atom. The molecule has 0 radical (unpaired) electrons. The first-order valence-corrected chi connectivity index (χ1v) is 7.28. The highest BCUT2D eigenvalue weighted by Gasteiger charge is 2.61. The number of hydrogen-bond donors (Lipinski definition) is 2. The standard InChI is InChI=1S/C18H17N3O2/c19-20-18(21(22)23)14-8-7-13-17(18,15-9-3-1-4-10-15)16-11-5-2-6-12-16/h1-14,20H,19H2. The molecule has 1 aliphatic carbocycles. The van der Waals surface area contributed by atoms with Gasteiger partial charge in [0.1, 0.15) is 5.41 Å². The van der Waals surface area contributed by atoms with Crippen LogP contribution in [-0.4, -0.2) is 10.6 Å². The van der Waals surface area contributed by atoms with Crippen LogP contribution in [0, 0.1) is 10.1 Å². The second kappa shape index (κ2) is 5.79. The third-order valence-corrected chi connectivity index (χ3v) is 4.36. The molecule has 1 unspecified atom stereocenters. The Labute approximate surface area is 134 Å². The molecule has 3 N–H and O–H groups in total. The molecule has 0 amide bonds. The molecule has 2 aromatic carbocycles. The molecule has 0 spiro atoms. The molecule has 0 fully saturated rings. The van der Waals surface area contributed by atoms with E-state index in [1.807, 2.05) is 72.8 Å². The van der Waals surface area contributed by atoms with Crippen LogP contribution in [0.25, 0.3) is 0 Å². The first-order chi connectivity index (χ1) is 11.2. The van der Waals surface area contributed by atoms with Crippen LogP contribution in [-0.2, 0) is 5.41 Å². The second-order valence-electron chi connectivity index (χ2n) is 5.43. The molecule has 2 aromatic rings. The van der Waals surface area contributed by atoms with Gasteiger partial charge in [0.25, 0.3) is 0 Å². The number of allylic oxidation sites excluding steroid dienone is 2. The van der Waals surface area contributed by atoms with Gasteiger partial charge in [-0.3, -0.25) is 16.0 Å². The van der Waals surface area contributed by atoms with Crippen molar-refractivity contribution >= 4 is 0 Å². The lowest BCUT2D eigenvalue weighted by Gasteiger charge is -2.42. The summed E-state index contributed by atoms with van der Waals surface area (Å²) in [4.78, 5) is 11.7. The van der Waals surface area contributed by atoms with Gasteiger partial charge in [0.15, 0.2) is 0 Å². The minimum Gasteiger partial charge on any atom is -0.265 e. The zero-order chi connectivity index (χ0) is 16.3. The fraction of sp³-hybridized carbons (Fsp3) is 0.111. The molecule has 0 aliphatic heterocycles. The molecule has 0 aromatic heterocycles. The molecule has 0 saturated carbocycles. The van der Waals surface area contributed by atoms with E-state index in [0.29, 0.717) is 0 Å². The zero-order valence-corrected chi connectivity index (χ0v) is 12.4. The van der Waals surface area contributed by atoms with E-state index in [2.05, 4.69) is 5.43 Å². The van der Waals surface area contributed by atoms with Crippen molar-refractivity contribution in [2.24, 2.45) is 5.84 Å². The van der Waals surface area contributed by atoms with Crippen LogP contribution in [0.2, 0.25) is 0 Å². The molecule has 23 heavy (non-hydrogen) atoms. The summed E-state index contributed by atoms with van der Waals surface area (Å²) in [7, 11) is 0. The van der Waals surface area contributed by atoms with E-state index < -0.39 is 11.1 Å². The van der Waals surface area contributed by atoms with Crippen LogP contribution >= 0.6 is 0 Å². The maximum absolute atomic E-state index is 12.0. The van der Waals surface area contributed by atoms with Crippen LogP contribution in [0.15, 0.2) is 85.0 Å². The second-order valence-corrected chi connectivity index (χ2v) is 5.43. The Morgan fingerprint density at radius 2 is 1.35 bits per heavy atom. The van der Waals surface area contributed by atoms with E-state index in [9.17, 15) is 10.1 Å². The average Bonchev–Trinajstić information content (AvgIpc) is 2.62. The number of benzene rings is 2. The first-order valence-electron chi connectivity index (χ1n) is 7.28. The lowest BCUT2D eigenvalue weighted by Crippen LogP contribution is -2.67. The van der Waals surface area contributed by atoms with Crippen molar-refractivity contribution in [1.29, 1.82) is 0 Å². The zero-order valence-electron chi connectivity index (χ0n) is 12.4. The molecule has 0 saturated heterocycles. The number of hydrogen-bond acceptors (Lipinski definition) is 4. The smallest absolute Gasteiger partial charge is 0.265 e. The van der Waals surface area contributed by atoms with E-state index in [4.69, 9.17) is 5.84 Å². The van der Waals surface area contributed by atoms with Gasteiger partial charge in [-0.2, -0.15) is 5.43 Å². The van der Waals surface area contributed by atoms with Gasteiger partial charge in [0.05, 0.1) is 0 Å². The molecular weight excluding hydrogens is 290 g/mol. The molecule has 5 nitrogen and oxygen atoms in total. The van der Waals surface area contributed by atoms with Gasteiger partial charge in [-0.25, -0.2) is 0 Å². The minimum absolute atomic E-state index is 0.368. The van der Waals surface area contributed by atoms with Crippen LogP contribution in [0.4, 0.5) is 0 Å². The summed E-state index contributed by atoms with van der Waals surface area (Å²) >= 11 is 0. The fourth-order valence-electron chi connectivity index (χ4n) is 3.27. The van der Waals surface area contributed by atoms with Gasteiger partial charge in [-0.15, -0.1) is 0 Å². The van der Waals surface area contributed by atoms with Gasteiger partial charge in [-0.05, 0) is 11.1 Å². The van der Waals surface area contributed by atoms with Crippen LogP contribution < -0.4 is 11.3 Å². The Bertz CT molecular complexity index is 717. The largest absolute Gasteiger partial charge is 0.323 e. The maximum atomic E-state index is 12.0. The Hall–Kier alpha value is -2.76. The highest BCUT2D eigenvalue weighted by atomic mass is 16.6. The molecule has 0 bridgehead atoms. The summed E-state index contributed by atoms with van der Waals surface area (Å²) in [6.07, 6.45) is 6.80. The summed E-state index contributed by atoms with van der Waals surface area (Å²) in [5, 5.41) is 12.0. The lowest BCUT2D eigenvalue weighted by atomic mass is 9.64. The SMILES string of the molecule is NNC1([N+](=O)[O-])C=CC=CC1(c1ccccc1)c1ccccc1. The molecule has 116 valence electrons. The van der Waals surface area contributed by atoms with Crippen LogP contribution in [0.3, 0.4) is 0 Å². The van der Waals surface area contributed by atoms with Crippen molar-refractivity contribution in [3.05, 3.63) is 106 Å². The highest BCUT2D eigenvalue weighted by Crippen LogP contribution is 2.45. The highest BCUT2D eigenvalue weighted by molar-refractivity contribution is 5.52. The molecule has 5 heteroatoms. The summed E-state index contributed by atoms with van der Waals surface area (Å²) in [5.74, 6) is 5.71. The van der Waals surface area contributed by atoms with Crippen molar-refractivity contribution < 1.29 is 4.92 Å². The number of nitro groups is 1. The van der Waals surface area contributed by atoms with E-state index in [1.165, 1.54) is 6.08 Å². The number of rotatable bonds is 4. The molecular formula is C18H17N3O2. The summed E-state index contributed by atoms with van der Waals surface area (Å²) in [6.45, 7) is 0. The third-order valence-electron chi connectivity index (χ3n) is 4.36. The van der Waals surface area contributed by atoms with Crippen LogP contribution in [0.1, 0.15) is 11.1 Å². The predicted molar refractivity (Wildman–Crippen MR) is 89.0 cm³/mol. The van der Waals surface area contributed by atoms with Gasteiger partial charge < -0.3 is 0 Å². The first kappa shape index (κ1) is 15.1. The molecule has 0 heterocycles. The van der Waals surface area contributed by atoms with Crippen molar-refractivity contribution in [3.63, 3.8) is 0 Å². The lowest BCUT2D eigenvalue weighted by molar-refractivity contribution is -0.572. The van der Waals surface area contributed by atoms with Crippen molar-refractivity contribution in [3.8, 4) is 0 Å². The fourth-order valence-corrected chi connectivity index (χ4v) is 3.27. The van der Waals surface area contributed by atoms with E-state index >= 15 is 0 Å². The van der Waals surface area contributed by atoms with Crippen LogP contribution in [0.5, 0.6) is 0 Å². The average molecular weight is 307 g/mol. The summed E-state index contributed by atoms with van der Waals surface area (Å²) < 4.78 is 0. The molecule has 1 atom stereocenters. The summed E-state index contributed by atoms with van der Waals surface area (Å²) in [6, 6.07) is 18.8. The van der Waals surface area contributed by atoms with E-state index in [-0.39, 0.29) is 4.92 Å².